The van der Waals surface area contributed by atoms with Crippen LogP contribution in [-0.2, 0) is 13.1 Å². The number of aryl methyl sites for hydroxylation is 1. The molecule has 0 spiro atoms. The molecule has 0 radical (unpaired) electrons. The van der Waals surface area contributed by atoms with E-state index in [1.165, 1.54) is 6.42 Å². The van der Waals surface area contributed by atoms with Crippen molar-refractivity contribution in [3.05, 3.63) is 12.2 Å². The van der Waals surface area contributed by atoms with Crippen molar-refractivity contribution in [1.82, 2.24) is 25.0 Å². The highest BCUT2D eigenvalue weighted by molar-refractivity contribution is 4.92. The lowest BCUT2D eigenvalue weighted by atomic mass is 9.97. The van der Waals surface area contributed by atoms with Gasteiger partial charge in [0.2, 0.25) is 0 Å². The first-order valence-electron chi connectivity index (χ1n) is 7.99. The van der Waals surface area contributed by atoms with E-state index in [1.54, 1.807) is 6.33 Å². The molecule has 0 amide bonds. The largest absolute Gasteiger partial charge is 0.311 e. The minimum Gasteiger partial charge on any atom is -0.311 e. The van der Waals surface area contributed by atoms with Crippen molar-refractivity contribution in [2.24, 2.45) is 5.92 Å². The molecule has 1 aliphatic heterocycles. The van der Waals surface area contributed by atoms with E-state index >= 15 is 0 Å². The standard InChI is InChI=1S/C15H29N5/c1-5-7-20-15(17-11-18-20)10-19-9-13(6-2)16-8-14(19)12(3)4/h11-14,16H,5-10H2,1-4H3. The van der Waals surface area contributed by atoms with Gasteiger partial charge in [-0.2, -0.15) is 5.10 Å². The Bertz CT molecular complexity index is 401. The fourth-order valence-electron chi connectivity index (χ4n) is 3.00. The maximum atomic E-state index is 4.46. The Morgan fingerprint density at radius 1 is 1.40 bits per heavy atom. The molecular weight excluding hydrogens is 250 g/mol. The van der Waals surface area contributed by atoms with Gasteiger partial charge in [0.15, 0.2) is 0 Å². The lowest BCUT2D eigenvalue weighted by Crippen LogP contribution is -2.57. The molecule has 0 bridgehead atoms. The monoisotopic (exact) mass is 279 g/mol. The Hall–Kier alpha value is -0.940. The first-order valence-corrected chi connectivity index (χ1v) is 7.99. The van der Waals surface area contributed by atoms with Gasteiger partial charge in [-0.05, 0) is 18.8 Å². The Kier molecular flexibility index (Phi) is 5.54. The van der Waals surface area contributed by atoms with Crippen LogP contribution in [-0.4, -0.2) is 44.8 Å². The minimum absolute atomic E-state index is 0.588. The van der Waals surface area contributed by atoms with Crippen LogP contribution in [0.1, 0.15) is 46.4 Å². The van der Waals surface area contributed by atoms with Gasteiger partial charge in [0.25, 0.3) is 0 Å². The van der Waals surface area contributed by atoms with Crippen LogP contribution in [0.4, 0.5) is 0 Å². The second-order valence-corrected chi connectivity index (χ2v) is 6.15. The maximum Gasteiger partial charge on any atom is 0.141 e. The van der Waals surface area contributed by atoms with Crippen molar-refractivity contribution in [3.8, 4) is 0 Å². The molecule has 1 saturated heterocycles. The molecule has 2 atom stereocenters. The molecule has 1 aromatic rings. The normalized spacial score (nSPS) is 24.4. The van der Waals surface area contributed by atoms with Crippen molar-refractivity contribution >= 4 is 0 Å². The molecule has 1 N–H and O–H groups in total. The number of nitrogens with one attached hydrogen (secondary N) is 1. The Labute approximate surface area is 122 Å². The van der Waals surface area contributed by atoms with Crippen LogP contribution in [0.25, 0.3) is 0 Å². The van der Waals surface area contributed by atoms with E-state index in [0.717, 1.165) is 38.4 Å². The van der Waals surface area contributed by atoms with Crippen LogP contribution in [0, 0.1) is 5.92 Å². The second-order valence-electron chi connectivity index (χ2n) is 6.15. The van der Waals surface area contributed by atoms with Gasteiger partial charge in [-0.15, -0.1) is 0 Å². The maximum absolute atomic E-state index is 4.46. The summed E-state index contributed by atoms with van der Waals surface area (Å²) in [5.41, 5.74) is 0. The summed E-state index contributed by atoms with van der Waals surface area (Å²) >= 11 is 0. The molecule has 20 heavy (non-hydrogen) atoms. The van der Waals surface area contributed by atoms with Crippen molar-refractivity contribution < 1.29 is 0 Å². The fraction of sp³-hybridized carbons (Fsp3) is 0.867. The van der Waals surface area contributed by atoms with E-state index in [9.17, 15) is 0 Å². The summed E-state index contributed by atoms with van der Waals surface area (Å²) in [5, 5.41) is 8.01. The average molecular weight is 279 g/mol. The van der Waals surface area contributed by atoms with Gasteiger partial charge in [0.05, 0.1) is 6.54 Å². The summed E-state index contributed by atoms with van der Waals surface area (Å²) in [6, 6.07) is 1.19. The molecule has 5 heteroatoms. The van der Waals surface area contributed by atoms with Crippen molar-refractivity contribution in [3.63, 3.8) is 0 Å². The quantitative estimate of drug-likeness (QED) is 0.864. The molecule has 0 aromatic carbocycles. The molecule has 1 aliphatic rings. The van der Waals surface area contributed by atoms with E-state index in [4.69, 9.17) is 0 Å². The zero-order valence-electron chi connectivity index (χ0n) is 13.3. The van der Waals surface area contributed by atoms with Crippen molar-refractivity contribution in [2.75, 3.05) is 13.1 Å². The number of piperazine rings is 1. The number of hydrogen-bond donors (Lipinski definition) is 1. The molecule has 114 valence electrons. The first kappa shape index (κ1) is 15.4. The van der Waals surface area contributed by atoms with Crippen LogP contribution >= 0.6 is 0 Å². The van der Waals surface area contributed by atoms with E-state index in [-0.39, 0.29) is 0 Å². The molecule has 2 heterocycles. The van der Waals surface area contributed by atoms with Crippen LogP contribution in [0.3, 0.4) is 0 Å². The van der Waals surface area contributed by atoms with Crippen LogP contribution in [0.15, 0.2) is 6.33 Å². The van der Waals surface area contributed by atoms with Crippen LogP contribution in [0.5, 0.6) is 0 Å². The Morgan fingerprint density at radius 3 is 2.85 bits per heavy atom. The zero-order valence-corrected chi connectivity index (χ0v) is 13.3. The van der Waals surface area contributed by atoms with Crippen LogP contribution < -0.4 is 5.32 Å². The molecule has 0 saturated carbocycles. The van der Waals surface area contributed by atoms with Gasteiger partial charge in [-0.1, -0.05) is 27.7 Å². The van der Waals surface area contributed by atoms with Gasteiger partial charge >= 0.3 is 0 Å². The van der Waals surface area contributed by atoms with Gasteiger partial charge in [0, 0.05) is 31.7 Å². The van der Waals surface area contributed by atoms with E-state index < -0.39 is 0 Å². The zero-order chi connectivity index (χ0) is 14.5. The van der Waals surface area contributed by atoms with E-state index in [1.807, 2.05) is 0 Å². The summed E-state index contributed by atoms with van der Waals surface area (Å²) in [6.45, 7) is 13.1. The van der Waals surface area contributed by atoms with Crippen molar-refractivity contribution in [1.29, 1.82) is 0 Å². The SMILES string of the molecule is CCCn1ncnc1CN1CC(CC)NCC1C(C)C. The van der Waals surface area contributed by atoms with E-state index in [0.29, 0.717) is 18.0 Å². The Balaban J connectivity index is 2.08. The lowest BCUT2D eigenvalue weighted by molar-refractivity contribution is 0.0859. The predicted octanol–water partition coefficient (Wildman–Crippen LogP) is 1.90. The van der Waals surface area contributed by atoms with Gasteiger partial charge < -0.3 is 5.32 Å². The van der Waals surface area contributed by atoms with Gasteiger partial charge in [0.1, 0.15) is 12.2 Å². The third-order valence-corrected chi connectivity index (χ3v) is 4.28. The first-order chi connectivity index (χ1) is 9.65. The summed E-state index contributed by atoms with van der Waals surface area (Å²) in [5.74, 6) is 1.76. The number of rotatable bonds is 6. The summed E-state index contributed by atoms with van der Waals surface area (Å²) in [6.07, 6.45) is 3.97. The highest BCUT2D eigenvalue weighted by Crippen LogP contribution is 2.18. The fourth-order valence-corrected chi connectivity index (χ4v) is 3.00. The number of aromatic nitrogens is 3. The molecule has 0 aliphatic carbocycles. The molecule has 1 fully saturated rings. The topological polar surface area (TPSA) is 46.0 Å². The van der Waals surface area contributed by atoms with Gasteiger partial charge in [-0.3, -0.25) is 4.90 Å². The predicted molar refractivity (Wildman–Crippen MR) is 81.4 cm³/mol. The molecular formula is C15H29N5. The Morgan fingerprint density at radius 2 is 2.20 bits per heavy atom. The average Bonchev–Trinajstić information content (AvgIpc) is 2.86. The highest BCUT2D eigenvalue weighted by Gasteiger charge is 2.29. The third kappa shape index (κ3) is 3.58. The number of hydrogen-bond acceptors (Lipinski definition) is 4. The summed E-state index contributed by atoms with van der Waals surface area (Å²) in [4.78, 5) is 7.05. The smallest absolute Gasteiger partial charge is 0.141 e. The minimum atomic E-state index is 0.588. The lowest BCUT2D eigenvalue weighted by Gasteiger charge is -2.42. The summed E-state index contributed by atoms with van der Waals surface area (Å²) in [7, 11) is 0. The van der Waals surface area contributed by atoms with Gasteiger partial charge in [-0.25, -0.2) is 9.67 Å². The third-order valence-electron chi connectivity index (χ3n) is 4.28. The molecule has 2 unspecified atom stereocenters. The van der Waals surface area contributed by atoms with Crippen LogP contribution in [0.2, 0.25) is 0 Å². The highest BCUT2D eigenvalue weighted by atomic mass is 15.4. The molecule has 5 nitrogen and oxygen atoms in total. The number of nitrogens with zero attached hydrogens (tertiary/aromatic N) is 4. The van der Waals surface area contributed by atoms with E-state index in [2.05, 4.69) is 52.7 Å². The second kappa shape index (κ2) is 7.18. The van der Waals surface area contributed by atoms with Crippen molar-refractivity contribution in [2.45, 2.75) is 65.7 Å². The molecule has 1 aromatic heterocycles. The molecule has 2 rings (SSSR count). The summed E-state index contributed by atoms with van der Waals surface area (Å²) < 4.78 is 2.06.